The monoisotopic (exact) mass is 301 g/mol. The Morgan fingerprint density at radius 3 is 2.75 bits per heavy atom. The second kappa shape index (κ2) is 7.99. The van der Waals surface area contributed by atoms with E-state index in [4.69, 9.17) is 9.79 Å². The molecule has 1 rings (SSSR count). The Balaban J connectivity index is 2.12. The largest absolute Gasteiger partial charge is 0.337 e. The lowest BCUT2D eigenvalue weighted by atomic mass is 10.1. The molecular formula is C12H20N3O4P. The van der Waals surface area contributed by atoms with Gasteiger partial charge in [-0.15, -0.1) is 6.58 Å². The first-order chi connectivity index (χ1) is 9.45. The van der Waals surface area contributed by atoms with E-state index in [0.29, 0.717) is 19.4 Å². The van der Waals surface area contributed by atoms with Crippen LogP contribution >= 0.6 is 7.60 Å². The van der Waals surface area contributed by atoms with Crippen molar-refractivity contribution in [2.75, 3.05) is 6.54 Å². The highest BCUT2D eigenvalue weighted by atomic mass is 31.2. The van der Waals surface area contributed by atoms with Crippen LogP contribution in [-0.2, 0) is 4.57 Å². The molecule has 8 heteroatoms. The van der Waals surface area contributed by atoms with Gasteiger partial charge in [-0.2, -0.15) is 0 Å². The Labute approximate surface area is 117 Å². The topological polar surface area (TPSA) is 104 Å². The summed E-state index contributed by atoms with van der Waals surface area (Å²) in [6, 6.07) is -0.235. The molecule has 0 aromatic carbocycles. The normalized spacial score (nSPS) is 12.9. The van der Waals surface area contributed by atoms with E-state index in [0.717, 1.165) is 12.8 Å². The van der Waals surface area contributed by atoms with E-state index in [1.807, 2.05) is 0 Å². The third-order valence-electron chi connectivity index (χ3n) is 2.90. The number of hydrogen-bond acceptors (Lipinski definition) is 3. The lowest BCUT2D eigenvalue weighted by Gasteiger charge is -2.13. The molecule has 20 heavy (non-hydrogen) atoms. The van der Waals surface area contributed by atoms with Gasteiger partial charge in [0.25, 0.3) is 0 Å². The summed E-state index contributed by atoms with van der Waals surface area (Å²) in [5.74, 6) is 0. The Hall–Kier alpha value is -1.43. The van der Waals surface area contributed by atoms with Gasteiger partial charge in [0.1, 0.15) is 6.33 Å². The smallest absolute Gasteiger partial charge is 0.332 e. The average Bonchev–Trinajstić information content (AvgIpc) is 2.90. The fraction of sp³-hybridized carbons (Fsp3) is 0.500. The number of nitrogens with one attached hydrogen (secondary N) is 1. The molecule has 0 fully saturated rings. The quantitative estimate of drug-likeness (QED) is 0.385. The summed E-state index contributed by atoms with van der Waals surface area (Å²) in [6.45, 7) is 3.96. The zero-order chi connectivity index (χ0) is 15.0. The molecule has 0 aliphatic rings. The molecule has 0 bridgehead atoms. The first-order valence-corrected chi connectivity index (χ1v) is 8.07. The molecule has 0 saturated carbocycles. The van der Waals surface area contributed by atoms with Gasteiger partial charge in [0.15, 0.2) is 0 Å². The molecule has 0 aliphatic heterocycles. The molecular weight excluding hydrogens is 281 g/mol. The highest BCUT2D eigenvalue weighted by Gasteiger charge is 2.24. The van der Waals surface area contributed by atoms with Crippen molar-refractivity contribution in [2.24, 2.45) is 0 Å². The summed E-state index contributed by atoms with van der Waals surface area (Å²) >= 11 is 0. The van der Waals surface area contributed by atoms with Crippen LogP contribution in [0.25, 0.3) is 0 Å². The molecule has 7 nitrogen and oxygen atoms in total. The maximum absolute atomic E-state index is 11.5. The van der Waals surface area contributed by atoms with Crippen LogP contribution in [0.15, 0.2) is 31.4 Å². The van der Waals surface area contributed by atoms with E-state index in [1.54, 1.807) is 6.20 Å². The van der Waals surface area contributed by atoms with Gasteiger partial charge in [-0.1, -0.05) is 18.9 Å². The minimum atomic E-state index is -4.08. The third-order valence-corrected chi connectivity index (χ3v) is 4.23. The zero-order valence-corrected chi connectivity index (χ0v) is 12.1. The molecule has 3 N–H and O–H groups in total. The highest BCUT2D eigenvalue weighted by molar-refractivity contribution is 7.52. The molecule has 0 aliphatic carbocycles. The van der Waals surface area contributed by atoms with E-state index in [-0.39, 0.29) is 6.03 Å². The summed E-state index contributed by atoms with van der Waals surface area (Å²) in [4.78, 5) is 33.4. The molecule has 112 valence electrons. The lowest BCUT2D eigenvalue weighted by Crippen LogP contribution is -2.28. The van der Waals surface area contributed by atoms with Crippen molar-refractivity contribution in [3.8, 4) is 0 Å². The van der Waals surface area contributed by atoms with Gasteiger partial charge in [0.05, 0.1) is 5.66 Å². The molecule has 0 spiro atoms. The molecule has 1 heterocycles. The Morgan fingerprint density at radius 1 is 1.45 bits per heavy atom. The van der Waals surface area contributed by atoms with Gasteiger partial charge in [-0.25, -0.2) is 9.78 Å². The Bertz CT molecular complexity index is 469. The number of allylic oxidation sites excluding steroid dienone is 1. The predicted octanol–water partition coefficient (Wildman–Crippen LogP) is 1.73. The number of rotatable bonds is 8. The number of nitrogens with zero attached hydrogens (tertiary/aromatic N) is 2. The van der Waals surface area contributed by atoms with E-state index in [9.17, 15) is 9.36 Å². The van der Waals surface area contributed by atoms with E-state index in [1.165, 1.54) is 23.2 Å². The summed E-state index contributed by atoms with van der Waals surface area (Å²) in [6.07, 6.45) is 8.44. The number of unbranched alkanes of at least 4 members (excludes halogenated alkanes) is 2. The van der Waals surface area contributed by atoms with Crippen LogP contribution in [0.5, 0.6) is 0 Å². The number of aromatic nitrogens is 2. The zero-order valence-electron chi connectivity index (χ0n) is 11.2. The molecule has 1 amide bonds. The summed E-state index contributed by atoms with van der Waals surface area (Å²) < 4.78 is 12.4. The van der Waals surface area contributed by atoms with Gasteiger partial charge < -0.3 is 15.1 Å². The second-order valence-corrected chi connectivity index (χ2v) is 6.28. The van der Waals surface area contributed by atoms with Gasteiger partial charge in [-0.05, 0) is 12.8 Å². The van der Waals surface area contributed by atoms with Crippen LogP contribution in [0.4, 0.5) is 4.79 Å². The standard InChI is InChI=1S/C12H20N3O4P/c1-2-11(20(17,18)19)6-4-3-5-7-14-12(16)15-9-8-13-10-15/h2,8-11H,1,3-7H2,(H,14,16)(H2,17,18,19). The van der Waals surface area contributed by atoms with E-state index < -0.39 is 13.3 Å². The minimum absolute atomic E-state index is 0.235. The maximum atomic E-state index is 11.5. The van der Waals surface area contributed by atoms with Crippen LogP contribution in [0.3, 0.4) is 0 Å². The first kappa shape index (κ1) is 16.6. The Kier molecular flexibility index (Phi) is 6.64. The molecule has 1 aromatic heterocycles. The number of hydrogen-bond donors (Lipinski definition) is 3. The third kappa shape index (κ3) is 5.69. The fourth-order valence-corrected chi connectivity index (χ4v) is 2.54. The summed E-state index contributed by atoms with van der Waals surface area (Å²) in [5, 5.41) is 2.73. The van der Waals surface area contributed by atoms with Crippen LogP contribution in [0.2, 0.25) is 0 Å². The van der Waals surface area contributed by atoms with Crippen molar-refractivity contribution in [1.82, 2.24) is 14.9 Å². The van der Waals surface area contributed by atoms with Gasteiger partial charge in [0.2, 0.25) is 0 Å². The molecule has 1 atom stereocenters. The number of carbonyl (C=O) groups is 1. The Morgan fingerprint density at radius 2 is 2.20 bits per heavy atom. The average molecular weight is 301 g/mol. The van der Waals surface area contributed by atoms with Crippen molar-refractivity contribution in [2.45, 2.75) is 31.3 Å². The second-order valence-electron chi connectivity index (χ2n) is 4.44. The number of amides is 1. The van der Waals surface area contributed by atoms with Crippen molar-refractivity contribution in [3.63, 3.8) is 0 Å². The van der Waals surface area contributed by atoms with Crippen molar-refractivity contribution >= 4 is 13.6 Å². The minimum Gasteiger partial charge on any atom is -0.337 e. The summed E-state index contributed by atoms with van der Waals surface area (Å²) in [7, 11) is -4.08. The van der Waals surface area contributed by atoms with Gasteiger partial charge in [0, 0.05) is 18.9 Å². The van der Waals surface area contributed by atoms with Crippen molar-refractivity contribution < 1.29 is 19.1 Å². The number of imidazole rings is 1. The fourth-order valence-electron chi connectivity index (χ4n) is 1.74. The lowest BCUT2D eigenvalue weighted by molar-refractivity contribution is 0.242. The predicted molar refractivity (Wildman–Crippen MR) is 75.5 cm³/mol. The molecule has 0 radical (unpaired) electrons. The molecule has 1 aromatic rings. The maximum Gasteiger partial charge on any atom is 0.332 e. The van der Waals surface area contributed by atoms with Crippen molar-refractivity contribution in [3.05, 3.63) is 31.4 Å². The van der Waals surface area contributed by atoms with Crippen LogP contribution in [-0.4, -0.2) is 37.6 Å². The molecule has 0 saturated heterocycles. The van der Waals surface area contributed by atoms with E-state index in [2.05, 4.69) is 16.9 Å². The van der Waals surface area contributed by atoms with Gasteiger partial charge >= 0.3 is 13.6 Å². The molecule has 1 unspecified atom stereocenters. The van der Waals surface area contributed by atoms with E-state index >= 15 is 0 Å². The highest BCUT2D eigenvalue weighted by Crippen LogP contribution is 2.44. The summed E-state index contributed by atoms with van der Waals surface area (Å²) in [5.41, 5.74) is -0.775. The van der Waals surface area contributed by atoms with Crippen molar-refractivity contribution in [1.29, 1.82) is 0 Å². The number of carbonyl (C=O) groups excluding carboxylic acids is 1. The van der Waals surface area contributed by atoms with Crippen LogP contribution in [0.1, 0.15) is 25.7 Å². The van der Waals surface area contributed by atoms with Crippen LogP contribution in [0, 0.1) is 0 Å². The van der Waals surface area contributed by atoms with Crippen LogP contribution < -0.4 is 5.32 Å². The van der Waals surface area contributed by atoms with Gasteiger partial charge in [-0.3, -0.25) is 9.13 Å². The first-order valence-electron chi connectivity index (χ1n) is 6.39. The SMILES string of the molecule is C=CC(CCCCCNC(=O)n1ccnc1)P(=O)(O)O.